The molecule has 0 aromatic heterocycles. The Morgan fingerprint density at radius 1 is 0.329 bits per heavy atom. The number of hydrogen-bond donors (Lipinski definition) is 0. The molecule has 0 bridgehead atoms. The van der Waals surface area contributed by atoms with Gasteiger partial charge in [-0.15, -0.1) is 0 Å². The fraction of sp³-hybridized carbons (Fsp3) is 0.0725. The minimum Gasteiger partial charge on any atom is -0.309 e. The van der Waals surface area contributed by atoms with Gasteiger partial charge < -0.3 is 4.90 Å². The third kappa shape index (κ3) is 7.25. The van der Waals surface area contributed by atoms with E-state index in [4.69, 9.17) is 0 Å². The van der Waals surface area contributed by atoms with Gasteiger partial charge in [0.15, 0.2) is 0 Å². The first-order valence-electron chi connectivity index (χ1n) is 24.5. The first-order valence-corrected chi connectivity index (χ1v) is 24.5. The molecule has 1 heteroatoms. The van der Waals surface area contributed by atoms with Crippen molar-refractivity contribution in [1.29, 1.82) is 0 Å². The van der Waals surface area contributed by atoms with Gasteiger partial charge in [0.2, 0.25) is 0 Å². The topological polar surface area (TPSA) is 3.24 Å². The van der Waals surface area contributed by atoms with Gasteiger partial charge in [0.1, 0.15) is 0 Å². The third-order valence-corrected chi connectivity index (χ3v) is 14.5. The van der Waals surface area contributed by atoms with Crippen LogP contribution in [0.25, 0.3) is 66.4 Å². The van der Waals surface area contributed by atoms with Gasteiger partial charge in [-0.25, -0.2) is 0 Å². The summed E-state index contributed by atoms with van der Waals surface area (Å²) in [4.78, 5) is 2.55. The molecule has 0 saturated carbocycles. The van der Waals surface area contributed by atoms with E-state index in [0.717, 1.165) is 28.2 Å². The van der Waals surface area contributed by atoms with E-state index in [1.165, 1.54) is 83.1 Å². The van der Waals surface area contributed by atoms with Gasteiger partial charge in [0.25, 0.3) is 0 Å². The second-order valence-corrected chi connectivity index (χ2v) is 19.6. The summed E-state index contributed by atoms with van der Waals surface area (Å²) in [6.45, 7) is 6.83. The summed E-state index contributed by atoms with van der Waals surface area (Å²) >= 11 is 0. The van der Waals surface area contributed by atoms with Crippen molar-refractivity contribution in [3.05, 3.63) is 295 Å². The molecule has 0 N–H and O–H groups in total. The maximum atomic E-state index is 2.55. The van der Waals surface area contributed by atoms with Crippen molar-refractivity contribution >= 4 is 27.8 Å². The lowest BCUT2D eigenvalue weighted by Gasteiger charge is -2.34. The van der Waals surface area contributed by atoms with Gasteiger partial charge in [-0.05, 0) is 119 Å². The molecule has 1 nitrogen and oxygen atoms in total. The van der Waals surface area contributed by atoms with Crippen molar-refractivity contribution in [3.8, 4) is 55.6 Å². The molecular weight excluding hydrogens is 843 g/mol. The van der Waals surface area contributed by atoms with Gasteiger partial charge >= 0.3 is 0 Å². The lowest BCUT2D eigenvalue weighted by molar-refractivity contribution is 0.590. The monoisotopic (exact) mass is 895 g/mol. The molecule has 0 radical (unpaired) electrons. The van der Waals surface area contributed by atoms with Crippen LogP contribution in [0, 0.1) is 0 Å². The highest BCUT2D eigenvalue weighted by molar-refractivity contribution is 6.09. The van der Waals surface area contributed by atoms with Gasteiger partial charge in [0, 0.05) is 16.8 Å². The maximum absolute atomic E-state index is 2.55. The molecule has 0 amide bonds. The Labute approximate surface area is 412 Å². The molecule has 0 unspecified atom stereocenters. The SMILES string of the molecule is CC(C)(C)c1ccc(-c2ccc(N(c3ccc4c(c3)-c3ccccc3C4(c3ccccc3)c3ccccc3)c3ccc4ccccc4c3-c3ccccc3-c3ccccc3)c(-c3ccccc3)c2)cc1. The Kier molecular flexibility index (Phi) is 10.7. The second-order valence-electron chi connectivity index (χ2n) is 19.6. The van der Waals surface area contributed by atoms with Crippen molar-refractivity contribution in [2.24, 2.45) is 0 Å². The molecule has 11 aromatic carbocycles. The molecule has 0 spiro atoms. The van der Waals surface area contributed by atoms with Crippen LogP contribution in [0.15, 0.2) is 267 Å². The predicted octanol–water partition coefficient (Wildman–Crippen LogP) is 18.6. The number of rotatable bonds is 9. The van der Waals surface area contributed by atoms with Crippen molar-refractivity contribution in [1.82, 2.24) is 0 Å². The van der Waals surface area contributed by atoms with Crippen LogP contribution in [0.2, 0.25) is 0 Å². The highest BCUT2D eigenvalue weighted by Gasteiger charge is 2.46. The van der Waals surface area contributed by atoms with E-state index in [0.29, 0.717) is 0 Å². The zero-order chi connectivity index (χ0) is 47.2. The molecule has 334 valence electrons. The first kappa shape index (κ1) is 42.8. The van der Waals surface area contributed by atoms with E-state index in [-0.39, 0.29) is 5.41 Å². The fourth-order valence-corrected chi connectivity index (χ4v) is 11.2. The minimum absolute atomic E-state index is 0.0625. The zero-order valence-electron chi connectivity index (χ0n) is 39.9. The number of hydrogen-bond acceptors (Lipinski definition) is 1. The molecule has 0 aliphatic heterocycles. The minimum atomic E-state index is -0.514. The smallest absolute Gasteiger partial charge is 0.0713 e. The normalized spacial score (nSPS) is 12.6. The summed E-state index contributed by atoms with van der Waals surface area (Å²) in [6.07, 6.45) is 0. The van der Waals surface area contributed by atoms with Crippen LogP contribution in [-0.4, -0.2) is 0 Å². The molecule has 1 aliphatic rings. The lowest BCUT2D eigenvalue weighted by atomic mass is 9.68. The van der Waals surface area contributed by atoms with Crippen LogP contribution in [0.5, 0.6) is 0 Å². The lowest BCUT2D eigenvalue weighted by Crippen LogP contribution is -2.28. The molecule has 70 heavy (non-hydrogen) atoms. The van der Waals surface area contributed by atoms with Gasteiger partial charge in [-0.2, -0.15) is 0 Å². The third-order valence-electron chi connectivity index (χ3n) is 14.5. The number of benzene rings is 11. The number of fused-ring (bicyclic) bond motifs is 4. The first-order chi connectivity index (χ1) is 34.4. The van der Waals surface area contributed by atoms with Gasteiger partial charge in [-0.3, -0.25) is 0 Å². The van der Waals surface area contributed by atoms with E-state index in [2.05, 4.69) is 293 Å². The Bertz CT molecular complexity index is 3620. The summed E-state index contributed by atoms with van der Waals surface area (Å²) in [7, 11) is 0. The van der Waals surface area contributed by atoms with E-state index in [1.54, 1.807) is 0 Å². The van der Waals surface area contributed by atoms with Crippen LogP contribution in [0.4, 0.5) is 17.1 Å². The maximum Gasteiger partial charge on any atom is 0.0713 e. The Morgan fingerprint density at radius 3 is 1.50 bits per heavy atom. The summed E-state index contributed by atoms with van der Waals surface area (Å²) in [5, 5.41) is 2.39. The van der Waals surface area contributed by atoms with E-state index < -0.39 is 5.41 Å². The molecule has 11 aromatic rings. The average molecular weight is 896 g/mol. The standard InChI is InChI=1S/C69H53N/c1-68(2,3)53-40-36-48(37-41-53)52-39-44-65(61(46-52)50-24-10-5-11-25-50)70(66-45-38-51-26-16-17-32-58(51)67(66)60-34-19-18-31-57(60)49-22-8-4-9-23-49)56-42-43-64-62(47-56)59-33-20-21-35-63(59)69(64,54-27-12-6-13-28-54)55-29-14-7-15-30-55/h4-47H,1-3H3. The van der Waals surface area contributed by atoms with E-state index in [1.807, 2.05) is 0 Å². The van der Waals surface area contributed by atoms with Crippen molar-refractivity contribution in [2.45, 2.75) is 31.6 Å². The van der Waals surface area contributed by atoms with Crippen LogP contribution >= 0.6 is 0 Å². The Morgan fingerprint density at radius 2 is 0.843 bits per heavy atom. The van der Waals surface area contributed by atoms with Crippen LogP contribution < -0.4 is 4.90 Å². The van der Waals surface area contributed by atoms with Crippen LogP contribution in [0.3, 0.4) is 0 Å². The van der Waals surface area contributed by atoms with Crippen molar-refractivity contribution in [2.75, 3.05) is 4.90 Å². The van der Waals surface area contributed by atoms with Crippen molar-refractivity contribution < 1.29 is 0 Å². The van der Waals surface area contributed by atoms with Gasteiger partial charge in [-0.1, -0.05) is 257 Å². The summed E-state index contributed by atoms with van der Waals surface area (Å²) in [6, 6.07) is 98.9. The molecule has 12 rings (SSSR count). The Balaban J connectivity index is 1.17. The molecule has 0 fully saturated rings. The van der Waals surface area contributed by atoms with E-state index in [9.17, 15) is 0 Å². The molecular formula is C69H53N. The highest BCUT2D eigenvalue weighted by atomic mass is 15.1. The number of nitrogens with zero attached hydrogens (tertiary/aromatic N) is 1. The zero-order valence-corrected chi connectivity index (χ0v) is 39.9. The summed E-state index contributed by atoms with van der Waals surface area (Å²) < 4.78 is 0. The van der Waals surface area contributed by atoms with Crippen LogP contribution in [-0.2, 0) is 10.8 Å². The fourth-order valence-electron chi connectivity index (χ4n) is 11.2. The Hall–Kier alpha value is -8.52. The molecule has 0 heterocycles. The molecule has 1 aliphatic carbocycles. The predicted molar refractivity (Wildman–Crippen MR) is 296 cm³/mol. The second kappa shape index (κ2) is 17.5. The molecule has 0 atom stereocenters. The quantitative estimate of drug-likeness (QED) is 0.140. The average Bonchev–Trinajstić information content (AvgIpc) is 3.72. The van der Waals surface area contributed by atoms with E-state index >= 15 is 0 Å². The van der Waals surface area contributed by atoms with Gasteiger partial charge in [0.05, 0.1) is 16.8 Å². The number of anilines is 3. The summed E-state index contributed by atoms with van der Waals surface area (Å²) in [5.74, 6) is 0. The highest BCUT2D eigenvalue weighted by Crippen LogP contribution is 2.58. The molecule has 0 saturated heterocycles. The van der Waals surface area contributed by atoms with Crippen molar-refractivity contribution in [3.63, 3.8) is 0 Å². The largest absolute Gasteiger partial charge is 0.309 e. The van der Waals surface area contributed by atoms with Crippen LogP contribution in [0.1, 0.15) is 48.6 Å². The summed E-state index contributed by atoms with van der Waals surface area (Å²) in [5.41, 5.74) is 21.1.